The minimum Gasteiger partial charge on any atom is -0.870 e. The van der Waals surface area contributed by atoms with Crippen LogP contribution in [-0.4, -0.2) is 16.9 Å². The SMILES string of the molecule is [Cl][Al]([Cl])[Cl].[Na+].[OH-]. The fourth-order valence-electron chi connectivity index (χ4n) is 0. The molecule has 0 aliphatic carbocycles. The molecule has 0 unspecified atom stereocenters. The number of rotatable bonds is 0. The molecule has 0 saturated heterocycles. The van der Waals surface area contributed by atoms with Crippen molar-refractivity contribution in [1.29, 1.82) is 0 Å². The summed E-state index contributed by atoms with van der Waals surface area (Å²) in [7, 11) is 14.8. The molecule has 1 nitrogen and oxygen atoms in total. The van der Waals surface area contributed by atoms with Gasteiger partial charge in [-0.15, -0.1) is 0 Å². The Balaban J connectivity index is -0.0000000450. The van der Waals surface area contributed by atoms with E-state index in [4.69, 9.17) is 30.1 Å². The predicted molar refractivity (Wildman–Crippen MR) is 25.2 cm³/mol. The smallest absolute Gasteiger partial charge is 0.870 e. The molecule has 0 aliphatic rings. The van der Waals surface area contributed by atoms with E-state index >= 15 is 0 Å². The second kappa shape index (κ2) is 10.4. The van der Waals surface area contributed by atoms with Crippen molar-refractivity contribution >= 4 is 41.5 Å². The molecule has 6 heteroatoms. The average Bonchev–Trinajstić information content (AvgIpc) is 0.811. The third-order valence-electron chi connectivity index (χ3n) is 0. The maximum absolute atomic E-state index is 4.94. The Bertz CT molecular complexity index is 15.5. The summed E-state index contributed by atoms with van der Waals surface area (Å²) in [5.74, 6) is 0. The van der Waals surface area contributed by atoms with Gasteiger partial charge in [0.2, 0.25) is 0 Å². The van der Waals surface area contributed by atoms with E-state index in [2.05, 4.69) is 0 Å². The van der Waals surface area contributed by atoms with Gasteiger partial charge in [-0.2, -0.15) is 0 Å². The summed E-state index contributed by atoms with van der Waals surface area (Å²) >= 11 is -1.72. The van der Waals surface area contributed by atoms with Gasteiger partial charge in [0.25, 0.3) is 0 Å². The third-order valence-corrected chi connectivity index (χ3v) is 0. The molecule has 0 heterocycles. The molecule has 0 saturated carbocycles. The van der Waals surface area contributed by atoms with Crippen molar-refractivity contribution in [2.24, 2.45) is 0 Å². The molecule has 0 aromatic rings. The minimum atomic E-state index is -1.72. The van der Waals surface area contributed by atoms with Crippen LogP contribution in [0.4, 0.5) is 0 Å². The zero-order chi connectivity index (χ0) is 3.58. The molecule has 0 atom stereocenters. The van der Waals surface area contributed by atoms with Crippen molar-refractivity contribution in [3.8, 4) is 0 Å². The van der Waals surface area contributed by atoms with Crippen LogP contribution in [0.1, 0.15) is 0 Å². The van der Waals surface area contributed by atoms with Crippen molar-refractivity contribution in [2.75, 3.05) is 0 Å². The standard InChI is InChI=1S/Al.3ClH.Na.H2O/h;3*1H;;1H2/q+3;;;;+1;/p-4. The van der Waals surface area contributed by atoms with Crippen LogP contribution >= 0.6 is 30.1 Å². The zero-order valence-corrected chi connectivity index (χ0v) is 8.58. The third kappa shape index (κ3) is 32.8. The van der Waals surface area contributed by atoms with Crippen molar-refractivity contribution in [1.82, 2.24) is 0 Å². The molecular weight excluding hydrogens is 172 g/mol. The predicted octanol–water partition coefficient (Wildman–Crippen LogP) is -1.49. The Morgan fingerprint density at radius 1 is 1.00 bits per heavy atom. The molecule has 0 aromatic carbocycles. The van der Waals surface area contributed by atoms with Crippen LogP contribution in [0.5, 0.6) is 0 Å². The molecule has 0 fully saturated rings. The fraction of sp³-hybridized carbons (Fsp3) is 0. The molecular formula is HAlCl3NaO. The maximum atomic E-state index is 4.94. The summed E-state index contributed by atoms with van der Waals surface area (Å²) < 4.78 is 0. The van der Waals surface area contributed by atoms with Crippen LogP contribution in [0.15, 0.2) is 0 Å². The van der Waals surface area contributed by atoms with Gasteiger partial charge in [-0.1, -0.05) is 0 Å². The molecule has 0 radical (unpaired) electrons. The van der Waals surface area contributed by atoms with Gasteiger partial charge in [-0.25, -0.2) is 30.1 Å². The summed E-state index contributed by atoms with van der Waals surface area (Å²) in [6.45, 7) is 0. The van der Waals surface area contributed by atoms with E-state index in [1.165, 1.54) is 0 Å². The minimum absolute atomic E-state index is 0. The van der Waals surface area contributed by atoms with Crippen LogP contribution in [0.2, 0.25) is 0 Å². The second-order valence-electron chi connectivity index (χ2n) is 0.247. The van der Waals surface area contributed by atoms with E-state index in [1.54, 1.807) is 0 Å². The summed E-state index contributed by atoms with van der Waals surface area (Å²) in [5, 5.41) is 0. The summed E-state index contributed by atoms with van der Waals surface area (Å²) in [6, 6.07) is 0. The summed E-state index contributed by atoms with van der Waals surface area (Å²) in [5.41, 5.74) is 0. The van der Waals surface area contributed by atoms with Crippen LogP contribution in [0.3, 0.4) is 0 Å². The Morgan fingerprint density at radius 2 is 1.00 bits per heavy atom. The molecule has 0 bridgehead atoms. The molecule has 0 spiro atoms. The Kier molecular flexibility index (Phi) is 27.2. The Labute approximate surface area is 75.5 Å². The topological polar surface area (TPSA) is 30.0 Å². The van der Waals surface area contributed by atoms with E-state index in [-0.39, 0.29) is 35.0 Å². The number of halogens is 3. The van der Waals surface area contributed by atoms with E-state index in [1.807, 2.05) is 0 Å². The molecule has 32 valence electrons. The maximum Gasteiger partial charge on any atom is 1.00 e. The number of hydrogen-bond donors (Lipinski definition) is 0. The van der Waals surface area contributed by atoms with E-state index < -0.39 is 11.4 Å². The van der Waals surface area contributed by atoms with Crippen molar-refractivity contribution < 1.29 is 35.0 Å². The van der Waals surface area contributed by atoms with Gasteiger partial charge in [0.05, 0.1) is 0 Å². The first kappa shape index (κ1) is 15.8. The molecule has 0 rings (SSSR count). The fourth-order valence-corrected chi connectivity index (χ4v) is 0. The molecule has 0 amide bonds. The van der Waals surface area contributed by atoms with Crippen molar-refractivity contribution in [3.63, 3.8) is 0 Å². The average molecular weight is 173 g/mol. The summed E-state index contributed by atoms with van der Waals surface area (Å²) in [6.07, 6.45) is 0. The molecule has 6 heavy (non-hydrogen) atoms. The van der Waals surface area contributed by atoms with Gasteiger partial charge >= 0.3 is 40.9 Å². The van der Waals surface area contributed by atoms with Gasteiger partial charge < -0.3 is 5.48 Å². The van der Waals surface area contributed by atoms with E-state index in [0.29, 0.717) is 0 Å². The van der Waals surface area contributed by atoms with Gasteiger partial charge in [-0.3, -0.25) is 0 Å². The monoisotopic (exact) mass is 172 g/mol. The first-order chi connectivity index (χ1) is 1.73. The van der Waals surface area contributed by atoms with Crippen LogP contribution in [0.25, 0.3) is 0 Å². The van der Waals surface area contributed by atoms with Gasteiger partial charge in [-0.05, 0) is 0 Å². The van der Waals surface area contributed by atoms with E-state index in [9.17, 15) is 0 Å². The van der Waals surface area contributed by atoms with Gasteiger partial charge in [0.15, 0.2) is 0 Å². The number of hydrogen-bond acceptors (Lipinski definition) is 1. The van der Waals surface area contributed by atoms with Crippen molar-refractivity contribution in [3.05, 3.63) is 0 Å². The van der Waals surface area contributed by atoms with Crippen molar-refractivity contribution in [2.45, 2.75) is 0 Å². The normalized spacial score (nSPS) is 4.50. The second-order valence-corrected chi connectivity index (χ2v) is 6.68. The largest absolute Gasteiger partial charge is 1.00 e. The first-order valence-electron chi connectivity index (χ1n) is 0.655. The molecule has 1 N–H and O–H groups in total. The first-order valence-corrected chi connectivity index (χ1v) is 5.89. The molecule has 0 aliphatic heterocycles. The Hall–Kier alpha value is 2.36. The Morgan fingerprint density at radius 3 is 1.00 bits per heavy atom. The van der Waals surface area contributed by atoms with Crippen LogP contribution in [0, 0.1) is 0 Å². The molecule has 0 aromatic heterocycles. The van der Waals surface area contributed by atoms with E-state index in [0.717, 1.165) is 0 Å². The van der Waals surface area contributed by atoms with Crippen LogP contribution < -0.4 is 29.6 Å². The van der Waals surface area contributed by atoms with Gasteiger partial charge in [0, 0.05) is 0 Å². The van der Waals surface area contributed by atoms with Crippen LogP contribution in [-0.2, 0) is 0 Å². The van der Waals surface area contributed by atoms with Gasteiger partial charge in [0.1, 0.15) is 0 Å². The zero-order valence-electron chi connectivity index (χ0n) is 3.16. The summed E-state index contributed by atoms with van der Waals surface area (Å²) in [4.78, 5) is 0. The quantitative estimate of drug-likeness (QED) is 0.411.